The van der Waals surface area contributed by atoms with Crippen LogP contribution in [0.15, 0.2) is 64.2 Å². The number of nitrogens with zero attached hydrogens (tertiary/aromatic N) is 1. The highest BCUT2D eigenvalue weighted by Crippen LogP contribution is 2.40. The van der Waals surface area contributed by atoms with E-state index in [0.717, 1.165) is 10.9 Å². The molecule has 2 aliphatic carbocycles. The highest BCUT2D eigenvalue weighted by Gasteiger charge is 2.25. The van der Waals surface area contributed by atoms with Crippen LogP contribution in [0.25, 0.3) is 10.9 Å². The Morgan fingerprint density at radius 1 is 1.26 bits per heavy atom. The molecule has 0 fully saturated rings. The largest absolute Gasteiger partial charge is 0.334 e. The zero-order valence-corrected chi connectivity index (χ0v) is 12.3. The van der Waals surface area contributed by atoms with Gasteiger partial charge in [0.15, 0.2) is 0 Å². The van der Waals surface area contributed by atoms with Crippen molar-refractivity contribution in [3.05, 3.63) is 69.9 Å². The van der Waals surface area contributed by atoms with Crippen molar-refractivity contribution in [1.82, 2.24) is 4.57 Å². The molecule has 0 aliphatic heterocycles. The third kappa shape index (κ3) is 1.67. The predicted molar refractivity (Wildman–Crippen MR) is 83.3 cm³/mol. The third-order valence-electron chi connectivity index (χ3n) is 4.05. The second-order valence-electron chi connectivity index (χ2n) is 5.32. The SMILES string of the molecule is Cc1cc2cc(Br)ccc2n1C1C=C2C=CC=C1C2. The average molecular weight is 312 g/mol. The van der Waals surface area contributed by atoms with E-state index in [-0.39, 0.29) is 0 Å². The fourth-order valence-electron chi connectivity index (χ4n) is 3.23. The first kappa shape index (κ1) is 11.3. The van der Waals surface area contributed by atoms with Crippen molar-refractivity contribution in [2.24, 2.45) is 0 Å². The number of hydrogen-bond donors (Lipinski definition) is 0. The summed E-state index contributed by atoms with van der Waals surface area (Å²) in [6, 6.07) is 9.19. The van der Waals surface area contributed by atoms with Crippen LogP contribution in [0.3, 0.4) is 0 Å². The molecule has 1 aromatic heterocycles. The van der Waals surface area contributed by atoms with Crippen LogP contribution in [0.4, 0.5) is 0 Å². The summed E-state index contributed by atoms with van der Waals surface area (Å²) in [6.07, 6.45) is 10.2. The van der Waals surface area contributed by atoms with Crippen molar-refractivity contribution >= 4 is 26.8 Å². The van der Waals surface area contributed by atoms with Crippen molar-refractivity contribution in [3.8, 4) is 0 Å². The van der Waals surface area contributed by atoms with Gasteiger partial charge in [0.05, 0.1) is 6.04 Å². The first-order valence-electron chi connectivity index (χ1n) is 6.57. The average Bonchev–Trinajstić information content (AvgIpc) is 2.85. The van der Waals surface area contributed by atoms with Gasteiger partial charge in [-0.15, -0.1) is 0 Å². The summed E-state index contributed by atoms with van der Waals surface area (Å²) < 4.78 is 3.59. The zero-order valence-electron chi connectivity index (χ0n) is 10.7. The topological polar surface area (TPSA) is 4.93 Å². The Labute approximate surface area is 121 Å². The number of aromatic nitrogens is 1. The molecule has 1 aromatic carbocycles. The lowest BCUT2D eigenvalue weighted by molar-refractivity contribution is 0.702. The van der Waals surface area contributed by atoms with E-state index < -0.39 is 0 Å². The highest BCUT2D eigenvalue weighted by molar-refractivity contribution is 9.10. The van der Waals surface area contributed by atoms with Gasteiger partial charge in [-0.25, -0.2) is 0 Å². The Bertz CT molecular complexity index is 774. The Morgan fingerprint density at radius 3 is 3.00 bits per heavy atom. The van der Waals surface area contributed by atoms with Crippen molar-refractivity contribution in [3.63, 3.8) is 0 Å². The normalized spacial score (nSPS) is 20.8. The maximum absolute atomic E-state index is 3.55. The van der Waals surface area contributed by atoms with Gasteiger partial charge in [-0.2, -0.15) is 0 Å². The number of hydrogen-bond acceptors (Lipinski definition) is 0. The number of allylic oxidation sites excluding steroid dienone is 6. The van der Waals surface area contributed by atoms with E-state index in [4.69, 9.17) is 0 Å². The van der Waals surface area contributed by atoms with Gasteiger partial charge in [0.2, 0.25) is 0 Å². The van der Waals surface area contributed by atoms with Crippen LogP contribution in [0.5, 0.6) is 0 Å². The summed E-state index contributed by atoms with van der Waals surface area (Å²) in [5, 5.41) is 1.31. The molecule has 19 heavy (non-hydrogen) atoms. The van der Waals surface area contributed by atoms with Crippen molar-refractivity contribution < 1.29 is 0 Å². The van der Waals surface area contributed by atoms with Crippen LogP contribution >= 0.6 is 15.9 Å². The summed E-state index contributed by atoms with van der Waals surface area (Å²) in [5.74, 6) is 0. The zero-order chi connectivity index (χ0) is 13.0. The van der Waals surface area contributed by atoms with Crippen LogP contribution in [0.2, 0.25) is 0 Å². The second-order valence-corrected chi connectivity index (χ2v) is 6.24. The lowest BCUT2D eigenvalue weighted by atomic mass is 10.0. The molecule has 4 rings (SSSR count). The summed E-state index contributed by atoms with van der Waals surface area (Å²) in [7, 11) is 0. The number of aryl methyl sites for hydroxylation is 1. The monoisotopic (exact) mass is 311 g/mol. The summed E-state index contributed by atoms with van der Waals surface area (Å²) >= 11 is 3.55. The van der Waals surface area contributed by atoms with Gasteiger partial charge < -0.3 is 4.57 Å². The van der Waals surface area contributed by atoms with E-state index in [1.807, 2.05) is 0 Å². The summed E-state index contributed by atoms with van der Waals surface area (Å²) in [5.41, 5.74) is 5.58. The first-order chi connectivity index (χ1) is 9.22. The van der Waals surface area contributed by atoms with Crippen LogP contribution in [0, 0.1) is 6.92 Å². The van der Waals surface area contributed by atoms with Gasteiger partial charge in [-0.3, -0.25) is 0 Å². The first-order valence-corrected chi connectivity index (χ1v) is 7.36. The molecule has 2 bridgehead atoms. The molecule has 0 spiro atoms. The van der Waals surface area contributed by atoms with Gasteiger partial charge in [0, 0.05) is 21.1 Å². The van der Waals surface area contributed by atoms with Crippen molar-refractivity contribution in [2.45, 2.75) is 19.4 Å². The van der Waals surface area contributed by atoms with E-state index >= 15 is 0 Å². The number of benzene rings is 1. The second kappa shape index (κ2) is 3.97. The van der Waals surface area contributed by atoms with Crippen LogP contribution in [-0.4, -0.2) is 4.57 Å². The molecular weight excluding hydrogens is 298 g/mol. The molecule has 0 saturated carbocycles. The molecule has 0 radical (unpaired) electrons. The molecule has 2 heteroatoms. The van der Waals surface area contributed by atoms with E-state index in [1.54, 1.807) is 0 Å². The van der Waals surface area contributed by atoms with Gasteiger partial charge in [-0.05, 0) is 48.8 Å². The summed E-state index contributed by atoms with van der Waals surface area (Å²) in [6.45, 7) is 2.20. The molecule has 2 aromatic rings. The van der Waals surface area contributed by atoms with Gasteiger partial charge in [0.25, 0.3) is 0 Å². The minimum atomic E-state index is 0.392. The number of rotatable bonds is 1. The predicted octanol–water partition coefficient (Wildman–Crippen LogP) is 5.08. The molecule has 1 nitrogen and oxygen atoms in total. The number of halogens is 1. The van der Waals surface area contributed by atoms with Gasteiger partial charge in [0.1, 0.15) is 0 Å². The lowest BCUT2D eigenvalue weighted by Gasteiger charge is -2.17. The maximum atomic E-state index is 3.55. The Balaban J connectivity index is 1.95. The standard InChI is InChI=1S/C17H14BrN/c1-11-7-14-10-15(18)5-6-16(14)19(11)17-9-12-3-2-4-13(17)8-12/h2-7,9-10,17H,8H2,1H3. The van der Waals surface area contributed by atoms with E-state index in [2.05, 4.69) is 76.0 Å². The minimum Gasteiger partial charge on any atom is -0.334 e. The van der Waals surface area contributed by atoms with Gasteiger partial charge >= 0.3 is 0 Å². The summed E-state index contributed by atoms with van der Waals surface area (Å²) in [4.78, 5) is 0. The molecule has 1 atom stereocenters. The smallest absolute Gasteiger partial charge is 0.0744 e. The Kier molecular flexibility index (Phi) is 2.36. The quantitative estimate of drug-likeness (QED) is 0.692. The molecular formula is C17H14BrN. The van der Waals surface area contributed by atoms with Crippen molar-refractivity contribution in [2.75, 3.05) is 0 Å². The molecule has 1 unspecified atom stereocenters. The number of fused-ring (bicyclic) bond motifs is 3. The van der Waals surface area contributed by atoms with Crippen molar-refractivity contribution in [1.29, 1.82) is 0 Å². The Morgan fingerprint density at radius 2 is 2.16 bits per heavy atom. The molecule has 0 N–H and O–H groups in total. The van der Waals surface area contributed by atoms with Crippen LogP contribution in [-0.2, 0) is 0 Å². The van der Waals surface area contributed by atoms with Gasteiger partial charge in [-0.1, -0.05) is 40.2 Å². The minimum absolute atomic E-state index is 0.392. The maximum Gasteiger partial charge on any atom is 0.0744 e. The lowest BCUT2D eigenvalue weighted by Crippen LogP contribution is -2.07. The van der Waals surface area contributed by atoms with Crippen LogP contribution in [0.1, 0.15) is 18.2 Å². The third-order valence-corrected chi connectivity index (χ3v) is 4.55. The molecule has 1 heterocycles. The fourth-order valence-corrected chi connectivity index (χ4v) is 3.61. The molecule has 2 aliphatic rings. The molecule has 94 valence electrons. The van der Waals surface area contributed by atoms with E-state index in [9.17, 15) is 0 Å². The highest BCUT2D eigenvalue weighted by atomic mass is 79.9. The fraction of sp³-hybridized carbons (Fsp3) is 0.176. The van der Waals surface area contributed by atoms with Crippen LogP contribution < -0.4 is 0 Å². The molecule has 0 saturated heterocycles. The molecule has 0 amide bonds. The Hall–Kier alpha value is -1.54. The van der Waals surface area contributed by atoms with E-state index in [1.165, 1.54) is 27.7 Å². The van der Waals surface area contributed by atoms with E-state index in [0.29, 0.717) is 6.04 Å².